The van der Waals surface area contributed by atoms with Crippen LogP contribution in [0.2, 0.25) is 0 Å². The summed E-state index contributed by atoms with van der Waals surface area (Å²) in [7, 11) is 2.01. The first-order chi connectivity index (χ1) is 11.7. The van der Waals surface area contributed by atoms with E-state index >= 15 is 0 Å². The maximum atomic E-state index is 6.43. The zero-order valence-corrected chi connectivity index (χ0v) is 14.7. The summed E-state index contributed by atoms with van der Waals surface area (Å²) in [5.74, 6) is 0. The van der Waals surface area contributed by atoms with Gasteiger partial charge in [0.1, 0.15) is 0 Å². The number of rotatable bonds is 5. The van der Waals surface area contributed by atoms with Crippen molar-refractivity contribution in [3.05, 3.63) is 17.7 Å². The van der Waals surface area contributed by atoms with Gasteiger partial charge in [-0.2, -0.15) is 0 Å². The fraction of sp³-hybridized carbons (Fsp3) is 0.684. The smallest absolute Gasteiger partial charge is 0.0666 e. The van der Waals surface area contributed by atoms with Crippen LogP contribution in [0.4, 0.5) is 17.1 Å². The molecule has 2 heterocycles. The highest BCUT2D eigenvalue weighted by molar-refractivity contribution is 5.79. The quantitative estimate of drug-likeness (QED) is 0.724. The molecule has 1 aliphatic carbocycles. The van der Waals surface area contributed by atoms with E-state index < -0.39 is 0 Å². The summed E-state index contributed by atoms with van der Waals surface area (Å²) in [5, 5.41) is 7.10. The van der Waals surface area contributed by atoms with Crippen molar-refractivity contribution >= 4 is 17.1 Å². The molecule has 24 heavy (non-hydrogen) atoms. The minimum absolute atomic E-state index is 0.499. The topological polar surface area (TPSA) is 62.6 Å². The van der Waals surface area contributed by atoms with Gasteiger partial charge >= 0.3 is 0 Å². The molecular weight excluding hydrogens is 300 g/mol. The summed E-state index contributed by atoms with van der Waals surface area (Å²) in [6, 6.07) is 4.73. The van der Waals surface area contributed by atoms with E-state index in [0.29, 0.717) is 11.5 Å². The third kappa shape index (κ3) is 3.07. The zero-order valence-electron chi connectivity index (χ0n) is 14.7. The SMILES string of the molecule is CNCc1c(NC2CCOCC2)ccc(N)c1N1CCC2(CC2)C1. The van der Waals surface area contributed by atoms with Crippen LogP contribution in [-0.2, 0) is 11.3 Å². The number of ether oxygens (including phenoxy) is 1. The number of hydrogen-bond acceptors (Lipinski definition) is 5. The van der Waals surface area contributed by atoms with Crippen LogP contribution in [0.1, 0.15) is 37.7 Å². The lowest BCUT2D eigenvalue weighted by Gasteiger charge is -2.29. The predicted molar refractivity (Wildman–Crippen MR) is 99.6 cm³/mol. The number of anilines is 3. The third-order valence-corrected chi connectivity index (χ3v) is 5.96. The Bertz CT molecular complexity index is 593. The average molecular weight is 330 g/mol. The van der Waals surface area contributed by atoms with Crippen LogP contribution in [0.5, 0.6) is 0 Å². The molecule has 0 radical (unpaired) electrons. The second kappa shape index (κ2) is 6.45. The van der Waals surface area contributed by atoms with Crippen LogP contribution < -0.4 is 21.3 Å². The molecule has 4 rings (SSSR count). The molecule has 0 bridgehead atoms. The highest BCUT2D eigenvalue weighted by Crippen LogP contribution is 2.54. The van der Waals surface area contributed by atoms with Crippen LogP contribution in [-0.4, -0.2) is 39.4 Å². The maximum Gasteiger partial charge on any atom is 0.0666 e. The van der Waals surface area contributed by atoms with E-state index in [9.17, 15) is 0 Å². The molecular formula is C19H30N4O. The molecule has 0 amide bonds. The fourth-order valence-electron chi connectivity index (χ4n) is 4.29. The molecule has 0 atom stereocenters. The van der Waals surface area contributed by atoms with Gasteiger partial charge in [-0.05, 0) is 56.7 Å². The molecule has 0 unspecified atom stereocenters. The fourth-order valence-corrected chi connectivity index (χ4v) is 4.29. The van der Waals surface area contributed by atoms with Crippen LogP contribution in [0, 0.1) is 5.41 Å². The first-order valence-electron chi connectivity index (χ1n) is 9.36. The number of nitrogens with zero attached hydrogens (tertiary/aromatic N) is 1. The van der Waals surface area contributed by atoms with Gasteiger partial charge in [-0.15, -0.1) is 0 Å². The highest BCUT2D eigenvalue weighted by Gasteiger charge is 2.48. The molecule has 1 spiro atoms. The van der Waals surface area contributed by atoms with E-state index in [4.69, 9.17) is 10.5 Å². The average Bonchev–Trinajstić information content (AvgIpc) is 3.22. The third-order valence-electron chi connectivity index (χ3n) is 5.96. The largest absolute Gasteiger partial charge is 0.397 e. The van der Waals surface area contributed by atoms with Gasteiger partial charge in [0.15, 0.2) is 0 Å². The molecule has 3 aliphatic rings. The van der Waals surface area contributed by atoms with E-state index in [2.05, 4.69) is 27.7 Å². The first kappa shape index (κ1) is 16.0. The Kier molecular flexibility index (Phi) is 4.31. The lowest BCUT2D eigenvalue weighted by Crippen LogP contribution is -2.30. The van der Waals surface area contributed by atoms with E-state index in [1.807, 2.05) is 7.05 Å². The minimum atomic E-state index is 0.499. The summed E-state index contributed by atoms with van der Waals surface area (Å²) < 4.78 is 5.49. The van der Waals surface area contributed by atoms with Crippen molar-refractivity contribution in [2.24, 2.45) is 5.41 Å². The predicted octanol–water partition coefficient (Wildman–Crippen LogP) is 2.57. The van der Waals surface area contributed by atoms with Gasteiger partial charge < -0.3 is 26.0 Å². The first-order valence-corrected chi connectivity index (χ1v) is 9.36. The Hall–Kier alpha value is -1.46. The number of nitrogens with one attached hydrogen (secondary N) is 2. The van der Waals surface area contributed by atoms with Crippen LogP contribution in [0.3, 0.4) is 0 Å². The second-order valence-electron chi connectivity index (χ2n) is 7.76. The van der Waals surface area contributed by atoms with Crippen molar-refractivity contribution in [2.75, 3.05) is 49.3 Å². The summed E-state index contributed by atoms with van der Waals surface area (Å²) in [4.78, 5) is 2.53. The zero-order chi connectivity index (χ0) is 16.6. The van der Waals surface area contributed by atoms with Crippen molar-refractivity contribution in [2.45, 2.75) is 44.7 Å². The van der Waals surface area contributed by atoms with Crippen LogP contribution in [0.25, 0.3) is 0 Å². The molecule has 1 aromatic carbocycles. The van der Waals surface area contributed by atoms with Gasteiger partial charge in [0.25, 0.3) is 0 Å². The number of nitrogens with two attached hydrogens (primary N) is 1. The van der Waals surface area contributed by atoms with Crippen molar-refractivity contribution < 1.29 is 4.74 Å². The van der Waals surface area contributed by atoms with Gasteiger partial charge in [-0.3, -0.25) is 0 Å². The summed E-state index contributed by atoms with van der Waals surface area (Å²) in [6.45, 7) is 4.87. The van der Waals surface area contributed by atoms with Crippen LogP contribution in [0.15, 0.2) is 12.1 Å². The summed E-state index contributed by atoms with van der Waals surface area (Å²) in [5.41, 5.74) is 11.8. The number of benzene rings is 1. The molecule has 5 heteroatoms. The van der Waals surface area contributed by atoms with E-state index in [1.165, 1.54) is 42.7 Å². The molecule has 1 saturated carbocycles. The van der Waals surface area contributed by atoms with E-state index in [0.717, 1.165) is 44.8 Å². The lowest BCUT2D eigenvalue weighted by atomic mass is 10.0. The molecule has 2 aliphatic heterocycles. The maximum absolute atomic E-state index is 6.43. The van der Waals surface area contributed by atoms with Crippen molar-refractivity contribution in [1.29, 1.82) is 0 Å². The van der Waals surface area contributed by atoms with Crippen molar-refractivity contribution in [1.82, 2.24) is 5.32 Å². The lowest BCUT2D eigenvalue weighted by molar-refractivity contribution is 0.0904. The molecule has 132 valence electrons. The normalized spacial score (nSPS) is 23.0. The van der Waals surface area contributed by atoms with Gasteiger partial charge in [0.05, 0.1) is 11.4 Å². The van der Waals surface area contributed by atoms with Crippen LogP contribution >= 0.6 is 0 Å². The molecule has 5 nitrogen and oxygen atoms in total. The Morgan fingerprint density at radius 2 is 2.04 bits per heavy atom. The van der Waals surface area contributed by atoms with Gasteiger partial charge in [0, 0.05) is 50.1 Å². The second-order valence-corrected chi connectivity index (χ2v) is 7.76. The highest BCUT2D eigenvalue weighted by atomic mass is 16.5. The van der Waals surface area contributed by atoms with Gasteiger partial charge in [0.2, 0.25) is 0 Å². The molecule has 4 N–H and O–H groups in total. The number of hydrogen-bond donors (Lipinski definition) is 3. The summed E-state index contributed by atoms with van der Waals surface area (Å²) >= 11 is 0. The molecule has 2 saturated heterocycles. The Labute approximate surface area is 144 Å². The van der Waals surface area contributed by atoms with Crippen molar-refractivity contribution in [3.63, 3.8) is 0 Å². The molecule has 3 fully saturated rings. The number of nitrogen functional groups attached to an aromatic ring is 1. The summed E-state index contributed by atoms with van der Waals surface area (Å²) in [6.07, 6.45) is 6.26. The Morgan fingerprint density at radius 1 is 1.25 bits per heavy atom. The minimum Gasteiger partial charge on any atom is -0.397 e. The van der Waals surface area contributed by atoms with E-state index in [1.54, 1.807) is 0 Å². The van der Waals surface area contributed by atoms with Crippen molar-refractivity contribution in [3.8, 4) is 0 Å². The monoisotopic (exact) mass is 330 g/mol. The van der Waals surface area contributed by atoms with Gasteiger partial charge in [-0.1, -0.05) is 0 Å². The standard InChI is InChI=1S/C19H30N4O/c1-21-12-15-17(22-14-4-10-24-11-5-14)3-2-16(20)18(15)23-9-8-19(13-23)6-7-19/h2-3,14,21-22H,4-13,20H2,1H3. The van der Waals surface area contributed by atoms with Gasteiger partial charge in [-0.25, -0.2) is 0 Å². The molecule has 0 aromatic heterocycles. The molecule has 1 aromatic rings. The van der Waals surface area contributed by atoms with E-state index in [-0.39, 0.29) is 0 Å². The Balaban J connectivity index is 1.62. The Morgan fingerprint density at radius 3 is 2.71 bits per heavy atom.